The van der Waals surface area contributed by atoms with Crippen molar-refractivity contribution in [1.29, 1.82) is 0 Å². The van der Waals surface area contributed by atoms with Crippen LogP contribution in [0, 0.1) is 11.6 Å². The minimum absolute atomic E-state index is 0.0254. The van der Waals surface area contributed by atoms with E-state index >= 15 is 0 Å². The molecule has 0 spiro atoms. The van der Waals surface area contributed by atoms with Crippen LogP contribution in [0.2, 0.25) is 0 Å². The number of rotatable bonds is 4. The molecule has 0 fully saturated rings. The molecule has 1 aromatic carbocycles. The lowest BCUT2D eigenvalue weighted by Gasteiger charge is -2.09. The highest BCUT2D eigenvalue weighted by Crippen LogP contribution is 2.16. The first-order valence-corrected chi connectivity index (χ1v) is 7.01. The van der Waals surface area contributed by atoms with Crippen molar-refractivity contribution >= 4 is 15.7 Å². The zero-order valence-electron chi connectivity index (χ0n) is 10.2. The Morgan fingerprint density at radius 2 is 2.00 bits per heavy atom. The molecule has 0 radical (unpaired) electrons. The van der Waals surface area contributed by atoms with E-state index in [1.807, 2.05) is 0 Å². The summed E-state index contributed by atoms with van der Waals surface area (Å²) in [4.78, 5) is 3.48. The van der Waals surface area contributed by atoms with Crippen molar-refractivity contribution in [3.63, 3.8) is 0 Å². The van der Waals surface area contributed by atoms with Gasteiger partial charge in [-0.25, -0.2) is 21.9 Å². The van der Waals surface area contributed by atoms with Gasteiger partial charge in [-0.1, -0.05) is 6.07 Å². The van der Waals surface area contributed by atoms with E-state index in [1.165, 1.54) is 18.3 Å². The van der Waals surface area contributed by atoms with E-state index in [4.69, 9.17) is 5.73 Å². The second-order valence-electron chi connectivity index (χ2n) is 3.97. The van der Waals surface area contributed by atoms with Crippen LogP contribution in [0.4, 0.5) is 14.5 Å². The molecule has 0 amide bonds. The molecular weight excluding hydrogens is 288 g/mol. The smallest absolute Gasteiger partial charge is 0.244 e. The summed E-state index contributed by atoms with van der Waals surface area (Å²) in [6.45, 7) is -0.317. The van der Waals surface area contributed by atoms with Gasteiger partial charge in [0.05, 0.1) is 5.69 Å². The Morgan fingerprint density at radius 1 is 1.25 bits per heavy atom. The fourth-order valence-electron chi connectivity index (χ4n) is 1.53. The summed E-state index contributed by atoms with van der Waals surface area (Å²) in [5.41, 5.74) is 5.60. The Kier molecular flexibility index (Phi) is 3.96. The van der Waals surface area contributed by atoms with Crippen LogP contribution in [-0.2, 0) is 16.6 Å². The average molecular weight is 299 g/mol. The SMILES string of the molecule is Nc1ccncc1S(=O)(=O)NCc1ccc(F)cc1F. The van der Waals surface area contributed by atoms with Crippen LogP contribution < -0.4 is 10.5 Å². The lowest BCUT2D eigenvalue weighted by molar-refractivity contribution is 0.562. The number of nitrogens with zero attached hydrogens (tertiary/aromatic N) is 1. The molecule has 0 bridgehead atoms. The van der Waals surface area contributed by atoms with E-state index in [-0.39, 0.29) is 22.7 Å². The molecule has 106 valence electrons. The Hall–Kier alpha value is -2.06. The summed E-state index contributed by atoms with van der Waals surface area (Å²) in [7, 11) is -3.91. The summed E-state index contributed by atoms with van der Waals surface area (Å²) >= 11 is 0. The second-order valence-corrected chi connectivity index (χ2v) is 5.71. The molecular formula is C12H11F2N3O2S. The van der Waals surface area contributed by atoms with Crippen LogP contribution >= 0.6 is 0 Å². The van der Waals surface area contributed by atoms with Crippen molar-refractivity contribution in [2.45, 2.75) is 11.4 Å². The van der Waals surface area contributed by atoms with Gasteiger partial charge < -0.3 is 5.73 Å². The van der Waals surface area contributed by atoms with E-state index < -0.39 is 21.7 Å². The molecule has 0 aliphatic heterocycles. The predicted octanol–water partition coefficient (Wildman–Crippen LogP) is 1.42. The van der Waals surface area contributed by atoms with Crippen molar-refractivity contribution in [1.82, 2.24) is 9.71 Å². The number of aromatic nitrogens is 1. The maximum absolute atomic E-state index is 13.4. The highest BCUT2D eigenvalue weighted by Gasteiger charge is 2.18. The van der Waals surface area contributed by atoms with Gasteiger partial charge >= 0.3 is 0 Å². The number of halogens is 2. The Bertz CT molecular complexity index is 735. The number of hydrogen-bond donors (Lipinski definition) is 2. The number of hydrogen-bond acceptors (Lipinski definition) is 4. The van der Waals surface area contributed by atoms with Gasteiger partial charge in [0.15, 0.2) is 0 Å². The van der Waals surface area contributed by atoms with Crippen LogP contribution in [0.5, 0.6) is 0 Å². The normalized spacial score (nSPS) is 11.5. The van der Waals surface area contributed by atoms with Gasteiger partial charge in [-0.15, -0.1) is 0 Å². The molecule has 0 saturated heterocycles. The predicted molar refractivity (Wildman–Crippen MR) is 69.0 cm³/mol. The second kappa shape index (κ2) is 5.51. The molecule has 1 heterocycles. The molecule has 0 aliphatic carbocycles. The highest BCUT2D eigenvalue weighted by atomic mass is 32.2. The van der Waals surface area contributed by atoms with Crippen molar-refractivity contribution in [3.05, 3.63) is 53.9 Å². The third kappa shape index (κ3) is 3.09. The number of sulfonamides is 1. The Morgan fingerprint density at radius 3 is 2.65 bits per heavy atom. The van der Waals surface area contributed by atoms with Crippen LogP contribution in [0.15, 0.2) is 41.6 Å². The van der Waals surface area contributed by atoms with E-state index in [0.29, 0.717) is 6.07 Å². The molecule has 3 N–H and O–H groups in total. The summed E-state index contributed by atoms with van der Waals surface area (Å²) in [6.07, 6.45) is 2.45. The van der Waals surface area contributed by atoms with Gasteiger partial charge in [-0.3, -0.25) is 4.98 Å². The minimum atomic E-state index is -3.91. The molecule has 2 rings (SSSR count). The summed E-state index contributed by atoms with van der Waals surface area (Å²) in [6, 6.07) is 4.24. The minimum Gasteiger partial charge on any atom is -0.398 e. The quantitative estimate of drug-likeness (QED) is 0.894. The van der Waals surface area contributed by atoms with Gasteiger partial charge in [0.2, 0.25) is 10.0 Å². The van der Waals surface area contributed by atoms with Crippen molar-refractivity contribution < 1.29 is 17.2 Å². The number of nitrogens with two attached hydrogens (primary N) is 1. The van der Waals surface area contributed by atoms with Gasteiger partial charge in [0, 0.05) is 30.6 Å². The fraction of sp³-hybridized carbons (Fsp3) is 0.0833. The van der Waals surface area contributed by atoms with E-state index in [0.717, 1.165) is 12.3 Å². The van der Waals surface area contributed by atoms with Gasteiger partial charge in [0.25, 0.3) is 0 Å². The third-order valence-electron chi connectivity index (χ3n) is 2.57. The van der Waals surface area contributed by atoms with Crippen LogP contribution in [0.1, 0.15) is 5.56 Å². The lowest BCUT2D eigenvalue weighted by atomic mass is 10.2. The number of nitrogen functional groups attached to an aromatic ring is 1. The maximum atomic E-state index is 13.4. The van der Waals surface area contributed by atoms with E-state index in [1.54, 1.807) is 0 Å². The van der Waals surface area contributed by atoms with Gasteiger partial charge in [-0.05, 0) is 12.1 Å². The first-order chi connectivity index (χ1) is 9.40. The highest BCUT2D eigenvalue weighted by molar-refractivity contribution is 7.89. The van der Waals surface area contributed by atoms with Gasteiger partial charge in [0.1, 0.15) is 16.5 Å². The monoisotopic (exact) mass is 299 g/mol. The van der Waals surface area contributed by atoms with Crippen LogP contribution in [0.3, 0.4) is 0 Å². The zero-order chi connectivity index (χ0) is 14.8. The first-order valence-electron chi connectivity index (χ1n) is 5.53. The molecule has 0 unspecified atom stereocenters. The van der Waals surface area contributed by atoms with Crippen molar-refractivity contribution in [3.8, 4) is 0 Å². The third-order valence-corrected chi connectivity index (χ3v) is 4.02. The molecule has 5 nitrogen and oxygen atoms in total. The molecule has 20 heavy (non-hydrogen) atoms. The largest absolute Gasteiger partial charge is 0.398 e. The molecule has 0 atom stereocenters. The molecule has 0 aliphatic rings. The number of pyridine rings is 1. The van der Waals surface area contributed by atoms with Gasteiger partial charge in [-0.2, -0.15) is 0 Å². The van der Waals surface area contributed by atoms with Crippen molar-refractivity contribution in [2.24, 2.45) is 0 Å². The van der Waals surface area contributed by atoms with E-state index in [2.05, 4.69) is 9.71 Å². The van der Waals surface area contributed by atoms with E-state index in [9.17, 15) is 17.2 Å². The Labute approximate surface area is 114 Å². The number of benzene rings is 1. The molecule has 1 aromatic heterocycles. The lowest BCUT2D eigenvalue weighted by Crippen LogP contribution is -2.24. The van der Waals surface area contributed by atoms with Crippen molar-refractivity contribution in [2.75, 3.05) is 5.73 Å². The summed E-state index contributed by atoms with van der Waals surface area (Å²) < 4.78 is 52.3. The summed E-state index contributed by atoms with van der Waals surface area (Å²) in [5.74, 6) is -1.56. The maximum Gasteiger partial charge on any atom is 0.244 e. The molecule has 2 aromatic rings. The standard InChI is InChI=1S/C12H11F2N3O2S/c13-9-2-1-8(10(14)5-9)6-17-20(18,19)12-7-16-4-3-11(12)15/h1-5,7,17H,6H2,(H2,15,16). The number of nitrogens with one attached hydrogen (secondary N) is 1. The Balaban J connectivity index is 2.20. The fourth-order valence-corrected chi connectivity index (χ4v) is 2.61. The summed E-state index contributed by atoms with van der Waals surface area (Å²) in [5, 5.41) is 0. The first kappa shape index (κ1) is 14.4. The number of anilines is 1. The average Bonchev–Trinajstić information content (AvgIpc) is 2.38. The zero-order valence-corrected chi connectivity index (χ0v) is 11.0. The topological polar surface area (TPSA) is 85.1 Å². The molecule has 0 saturated carbocycles. The van der Waals surface area contributed by atoms with Crippen LogP contribution in [0.25, 0.3) is 0 Å². The molecule has 8 heteroatoms. The van der Waals surface area contributed by atoms with Crippen LogP contribution in [-0.4, -0.2) is 13.4 Å².